The summed E-state index contributed by atoms with van der Waals surface area (Å²) in [6.07, 6.45) is 0. The normalized spacial score (nSPS) is 11.1. The third-order valence-corrected chi connectivity index (χ3v) is 4.94. The minimum atomic E-state index is -4.59. The van der Waals surface area contributed by atoms with E-state index in [-0.39, 0.29) is 73.9 Å². The van der Waals surface area contributed by atoms with Gasteiger partial charge in [-0.25, -0.2) is 13.0 Å². The predicted octanol–water partition coefficient (Wildman–Crippen LogP) is 0.0467. The molecule has 3 aromatic rings. The van der Waals surface area contributed by atoms with E-state index >= 15 is 0 Å². The van der Waals surface area contributed by atoms with Gasteiger partial charge in [-0.3, -0.25) is 4.79 Å². The predicted molar refractivity (Wildman–Crippen MR) is 102 cm³/mol. The van der Waals surface area contributed by atoms with Gasteiger partial charge in [0.15, 0.2) is 5.69 Å². The summed E-state index contributed by atoms with van der Waals surface area (Å²) in [6.45, 7) is 1.45. The molecule has 3 rings (SSSR count). The molecule has 0 saturated heterocycles. The van der Waals surface area contributed by atoms with E-state index < -0.39 is 26.5 Å². The summed E-state index contributed by atoms with van der Waals surface area (Å²) in [4.78, 5) is 12.5. The number of aromatic hydroxyl groups is 1. The number of benzene rings is 2. The molecule has 0 atom stereocenters. The number of rotatable bonds is 4. The molecule has 1 aromatic heterocycles. The Morgan fingerprint density at radius 1 is 1.07 bits per heavy atom. The van der Waals surface area contributed by atoms with Gasteiger partial charge in [-0.2, -0.15) is 10.4 Å². The molecule has 1 heterocycles. The van der Waals surface area contributed by atoms with Crippen LogP contribution in [0.25, 0.3) is 5.69 Å². The second kappa shape index (κ2) is 9.76. The molecule has 0 fully saturated rings. The first kappa shape index (κ1) is 24.1. The van der Waals surface area contributed by atoms with Crippen molar-refractivity contribution < 1.29 is 69.5 Å². The average molecular weight is 449 g/mol. The zero-order valence-electron chi connectivity index (χ0n) is 16.0. The molecule has 2 aromatic carbocycles. The third-order valence-electron chi connectivity index (χ3n) is 4.09. The van der Waals surface area contributed by atoms with Crippen LogP contribution in [-0.2, 0) is 10.1 Å². The molecule has 0 amide bonds. The van der Waals surface area contributed by atoms with Crippen LogP contribution in [0.15, 0.2) is 74.5 Å². The molecule has 0 radical (unpaired) electrons. The van der Waals surface area contributed by atoms with E-state index in [9.17, 15) is 28.1 Å². The first-order valence-electron chi connectivity index (χ1n) is 8.16. The van der Waals surface area contributed by atoms with Crippen LogP contribution in [0.4, 0.5) is 11.4 Å². The van der Waals surface area contributed by atoms with Crippen LogP contribution in [0, 0.1) is 18.3 Å². The van der Waals surface area contributed by atoms with Crippen LogP contribution in [0.5, 0.6) is 5.88 Å². The Hall–Kier alpha value is -2.17. The number of nitrogens with zero attached hydrogens (tertiary/aromatic N) is 4. The number of hydrogen-bond donors (Lipinski definition) is 1. The molecule has 11 heteroatoms. The van der Waals surface area contributed by atoms with E-state index in [1.807, 2.05) is 6.07 Å². The van der Waals surface area contributed by atoms with Gasteiger partial charge >= 0.3 is 51.4 Å². The van der Waals surface area contributed by atoms with Crippen molar-refractivity contribution in [1.82, 2.24) is 4.57 Å². The largest absolute Gasteiger partial charge is 1.00 e. The van der Waals surface area contributed by atoms with Gasteiger partial charge in [0.05, 0.1) is 16.3 Å². The first-order chi connectivity index (χ1) is 13.7. The zero-order valence-corrected chi connectivity index (χ0v) is 19.9. The minimum absolute atomic E-state index is 0. The number of nitriles is 1. The Kier molecular flexibility index (Phi) is 7.84. The zero-order chi connectivity index (χ0) is 21.2. The topological polar surface area (TPSA) is 148 Å². The van der Waals surface area contributed by atoms with Crippen LogP contribution in [-0.4, -0.2) is 22.6 Å². The molecule has 146 valence electrons. The maximum atomic E-state index is 12.9. The average Bonchev–Trinajstić information content (AvgIpc) is 2.69. The van der Waals surface area contributed by atoms with Crippen molar-refractivity contribution in [3.05, 3.63) is 76.1 Å². The van der Waals surface area contributed by atoms with E-state index in [0.717, 1.165) is 16.7 Å². The molecule has 0 aliphatic rings. The summed E-state index contributed by atoms with van der Waals surface area (Å²) >= 11 is 0. The molecule has 0 bridgehead atoms. The monoisotopic (exact) mass is 448 g/mol. The molecular weight excluding hydrogens is 435 g/mol. The third kappa shape index (κ3) is 4.93. The van der Waals surface area contributed by atoms with E-state index in [0.29, 0.717) is 5.69 Å². The van der Waals surface area contributed by atoms with Crippen LogP contribution < -0.4 is 56.9 Å². The Balaban J connectivity index is 0.00000320. The van der Waals surface area contributed by atoms with Gasteiger partial charge in [0.1, 0.15) is 21.8 Å². The summed E-state index contributed by atoms with van der Waals surface area (Å²) in [7, 11) is -4.59. The Morgan fingerprint density at radius 3 is 2.20 bits per heavy atom. The number of hydrogen-bond acceptors (Lipinski definition) is 8. The van der Waals surface area contributed by atoms with Crippen LogP contribution in [0.2, 0.25) is 0 Å². The van der Waals surface area contributed by atoms with Gasteiger partial charge in [-0.1, -0.05) is 18.2 Å². The van der Waals surface area contributed by atoms with Gasteiger partial charge < -0.3 is 9.66 Å². The summed E-state index contributed by atoms with van der Waals surface area (Å²) in [5.74, 6) is -0.509. The minimum Gasteiger partial charge on any atom is -0.744 e. The molecule has 9 nitrogen and oxygen atoms in total. The SMILES string of the molecule is Cc1c(C#N)c(O)n(-c2ccccc2)c(=O)c1N=Nc1ccc(S(=O)(=O)[O-])cc1.[K+]. The van der Waals surface area contributed by atoms with E-state index in [4.69, 9.17) is 0 Å². The van der Waals surface area contributed by atoms with Crippen molar-refractivity contribution in [2.24, 2.45) is 10.2 Å². The number of azo groups is 1. The van der Waals surface area contributed by atoms with Crippen molar-refractivity contribution in [3.8, 4) is 17.6 Å². The van der Waals surface area contributed by atoms with Gasteiger partial charge in [0.2, 0.25) is 5.88 Å². The van der Waals surface area contributed by atoms with Crippen molar-refractivity contribution in [2.75, 3.05) is 0 Å². The van der Waals surface area contributed by atoms with Crippen LogP contribution >= 0.6 is 0 Å². The Bertz CT molecular complexity index is 1310. The van der Waals surface area contributed by atoms with Crippen LogP contribution in [0.1, 0.15) is 11.1 Å². The molecule has 0 saturated carbocycles. The second-order valence-electron chi connectivity index (χ2n) is 5.91. The summed E-state index contributed by atoms with van der Waals surface area (Å²) in [6, 6.07) is 14.7. The fraction of sp³-hybridized carbons (Fsp3) is 0.0526. The standard InChI is InChI=1S/C19H14N4O5S.K/c1-12-16(11-20)18(24)23(14-5-3-2-4-6-14)19(25)17(12)22-21-13-7-9-15(10-8-13)29(26,27)28;/h2-10,24H,1H3,(H,26,27,28);/q;+1/p-1. The molecule has 30 heavy (non-hydrogen) atoms. The molecule has 0 unspecified atom stereocenters. The molecule has 0 aliphatic heterocycles. The van der Waals surface area contributed by atoms with E-state index in [1.165, 1.54) is 19.1 Å². The Labute approximate surface area is 214 Å². The molecule has 0 spiro atoms. The maximum absolute atomic E-state index is 12.9. The van der Waals surface area contributed by atoms with Gasteiger partial charge in [0.25, 0.3) is 5.56 Å². The van der Waals surface area contributed by atoms with Crippen LogP contribution in [0.3, 0.4) is 0 Å². The van der Waals surface area contributed by atoms with Gasteiger partial charge in [-0.15, -0.1) is 5.11 Å². The number of aromatic nitrogens is 1. The smallest absolute Gasteiger partial charge is 0.744 e. The van der Waals surface area contributed by atoms with Crippen molar-refractivity contribution in [2.45, 2.75) is 11.8 Å². The van der Waals surface area contributed by atoms with E-state index in [2.05, 4.69) is 10.2 Å². The fourth-order valence-corrected chi connectivity index (χ4v) is 3.09. The second-order valence-corrected chi connectivity index (χ2v) is 7.29. The summed E-state index contributed by atoms with van der Waals surface area (Å²) in [5.41, 5.74) is -0.307. The molecular formula is C19H13KN4O5S. The molecule has 0 aliphatic carbocycles. The fourth-order valence-electron chi connectivity index (χ4n) is 2.62. The summed E-state index contributed by atoms with van der Waals surface area (Å²) in [5, 5.41) is 27.6. The van der Waals surface area contributed by atoms with Gasteiger partial charge in [-0.05, 0) is 43.3 Å². The Morgan fingerprint density at radius 2 is 1.67 bits per heavy atom. The van der Waals surface area contributed by atoms with Crippen molar-refractivity contribution in [3.63, 3.8) is 0 Å². The van der Waals surface area contributed by atoms with Gasteiger partial charge in [0, 0.05) is 5.56 Å². The van der Waals surface area contributed by atoms with Crippen molar-refractivity contribution >= 4 is 21.5 Å². The maximum Gasteiger partial charge on any atom is 1.00 e. The summed E-state index contributed by atoms with van der Waals surface area (Å²) < 4.78 is 33.9. The van der Waals surface area contributed by atoms with E-state index in [1.54, 1.807) is 30.3 Å². The molecule has 1 N–H and O–H groups in total. The first-order valence-corrected chi connectivity index (χ1v) is 9.56. The quantitative estimate of drug-likeness (QED) is 0.339. The number of para-hydroxylation sites is 1. The van der Waals surface area contributed by atoms with Crippen molar-refractivity contribution in [1.29, 1.82) is 5.26 Å². The number of pyridine rings is 1.